The van der Waals surface area contributed by atoms with E-state index in [1.54, 1.807) is 19.9 Å². The van der Waals surface area contributed by atoms with Gasteiger partial charge in [0.05, 0.1) is 17.3 Å². The maximum absolute atomic E-state index is 13.2. The van der Waals surface area contributed by atoms with Crippen molar-refractivity contribution in [3.8, 4) is 6.07 Å². The average molecular weight is 284 g/mol. The fourth-order valence-electron chi connectivity index (χ4n) is 1.86. The van der Waals surface area contributed by atoms with Crippen LogP contribution in [0.4, 0.5) is 10.2 Å². The van der Waals surface area contributed by atoms with Crippen LogP contribution in [0.15, 0.2) is 18.2 Å². The number of halogens is 1. The Hall–Kier alpha value is -2.81. The zero-order valence-corrected chi connectivity index (χ0v) is 11.9. The van der Waals surface area contributed by atoms with Gasteiger partial charge in [0, 0.05) is 5.69 Å². The van der Waals surface area contributed by atoms with Gasteiger partial charge >= 0.3 is 0 Å². The molecule has 0 fully saturated rings. The van der Waals surface area contributed by atoms with Crippen molar-refractivity contribution in [2.24, 2.45) is 0 Å². The largest absolute Gasteiger partial charge is 0.305 e. The highest BCUT2D eigenvalue weighted by molar-refractivity contribution is 6.03. The summed E-state index contributed by atoms with van der Waals surface area (Å²) in [6, 6.07) is 6.25. The first-order chi connectivity index (χ1) is 9.92. The molecule has 2 aromatic heterocycles. The Kier molecular flexibility index (Phi) is 3.94. The molecule has 1 amide bonds. The molecular weight excluding hydrogens is 271 g/mol. The number of rotatable bonds is 2. The molecule has 0 atom stereocenters. The van der Waals surface area contributed by atoms with Crippen molar-refractivity contribution in [2.45, 2.75) is 20.8 Å². The second-order valence-corrected chi connectivity index (χ2v) is 4.61. The molecule has 0 aliphatic carbocycles. The first-order valence-electron chi connectivity index (χ1n) is 6.25. The van der Waals surface area contributed by atoms with Gasteiger partial charge in [-0.05, 0) is 44.5 Å². The lowest BCUT2D eigenvalue weighted by Crippen LogP contribution is -2.17. The SMILES string of the molecule is Cc1cc(C#N)c(C)c(C(=O)Nc2ccc(F)c(C)n2)n1. The summed E-state index contributed by atoms with van der Waals surface area (Å²) < 4.78 is 13.2. The Morgan fingerprint density at radius 1 is 1.29 bits per heavy atom. The summed E-state index contributed by atoms with van der Waals surface area (Å²) in [6.45, 7) is 4.87. The van der Waals surface area contributed by atoms with E-state index in [0.717, 1.165) is 0 Å². The third-order valence-corrected chi connectivity index (χ3v) is 3.00. The molecule has 0 unspecified atom stereocenters. The zero-order chi connectivity index (χ0) is 15.6. The summed E-state index contributed by atoms with van der Waals surface area (Å²) in [7, 11) is 0. The van der Waals surface area contributed by atoms with Gasteiger partial charge < -0.3 is 5.32 Å². The predicted molar refractivity (Wildman–Crippen MR) is 75.3 cm³/mol. The molecule has 0 saturated carbocycles. The Morgan fingerprint density at radius 3 is 2.62 bits per heavy atom. The van der Waals surface area contributed by atoms with Crippen LogP contribution in [-0.2, 0) is 0 Å². The van der Waals surface area contributed by atoms with Crippen LogP contribution in [0.3, 0.4) is 0 Å². The number of nitrogens with one attached hydrogen (secondary N) is 1. The molecule has 0 spiro atoms. The number of carbonyl (C=O) groups excluding carboxylic acids is 1. The summed E-state index contributed by atoms with van der Waals surface area (Å²) in [5.41, 5.74) is 1.83. The quantitative estimate of drug-likeness (QED) is 0.919. The minimum Gasteiger partial charge on any atom is -0.305 e. The lowest BCUT2D eigenvalue weighted by molar-refractivity contribution is 0.102. The first-order valence-corrected chi connectivity index (χ1v) is 6.25. The lowest BCUT2D eigenvalue weighted by atomic mass is 10.1. The second kappa shape index (κ2) is 5.67. The molecule has 106 valence electrons. The van der Waals surface area contributed by atoms with Crippen molar-refractivity contribution in [3.05, 3.63) is 52.2 Å². The number of hydrogen-bond donors (Lipinski definition) is 1. The van der Waals surface area contributed by atoms with Crippen LogP contribution in [0.25, 0.3) is 0 Å². The fraction of sp³-hybridized carbons (Fsp3) is 0.200. The summed E-state index contributed by atoms with van der Waals surface area (Å²) in [6.07, 6.45) is 0. The van der Waals surface area contributed by atoms with Crippen molar-refractivity contribution >= 4 is 11.7 Å². The number of aryl methyl sites for hydroxylation is 2. The van der Waals surface area contributed by atoms with Gasteiger partial charge in [-0.1, -0.05) is 0 Å². The normalized spacial score (nSPS) is 10.0. The van der Waals surface area contributed by atoms with Gasteiger partial charge in [0.25, 0.3) is 5.91 Å². The van der Waals surface area contributed by atoms with E-state index in [1.165, 1.54) is 19.1 Å². The van der Waals surface area contributed by atoms with Crippen LogP contribution in [0, 0.1) is 37.9 Å². The van der Waals surface area contributed by atoms with E-state index in [4.69, 9.17) is 5.26 Å². The zero-order valence-electron chi connectivity index (χ0n) is 11.9. The fourth-order valence-corrected chi connectivity index (χ4v) is 1.86. The van der Waals surface area contributed by atoms with Crippen LogP contribution < -0.4 is 5.32 Å². The number of carbonyl (C=O) groups is 1. The van der Waals surface area contributed by atoms with Gasteiger partial charge in [-0.15, -0.1) is 0 Å². The summed E-state index contributed by atoms with van der Waals surface area (Å²) in [4.78, 5) is 20.3. The molecule has 21 heavy (non-hydrogen) atoms. The molecule has 2 aromatic rings. The third-order valence-electron chi connectivity index (χ3n) is 3.00. The van der Waals surface area contributed by atoms with E-state index >= 15 is 0 Å². The Morgan fingerprint density at radius 2 is 2.00 bits per heavy atom. The van der Waals surface area contributed by atoms with Crippen LogP contribution in [0.1, 0.15) is 33.0 Å². The molecule has 0 aliphatic heterocycles. The number of amides is 1. The molecule has 1 N–H and O–H groups in total. The number of pyridine rings is 2. The molecule has 6 heteroatoms. The Labute approximate surface area is 121 Å². The third kappa shape index (κ3) is 3.03. The predicted octanol–water partition coefficient (Wildman–Crippen LogP) is 2.66. The van der Waals surface area contributed by atoms with Crippen LogP contribution >= 0.6 is 0 Å². The Balaban J connectivity index is 2.35. The molecule has 0 aromatic carbocycles. The van der Waals surface area contributed by atoms with Gasteiger partial charge in [-0.2, -0.15) is 5.26 Å². The molecule has 5 nitrogen and oxygen atoms in total. The van der Waals surface area contributed by atoms with E-state index in [2.05, 4.69) is 15.3 Å². The van der Waals surface area contributed by atoms with Gasteiger partial charge in [0.15, 0.2) is 0 Å². The molecule has 0 saturated heterocycles. The van der Waals surface area contributed by atoms with E-state index in [-0.39, 0.29) is 17.2 Å². The van der Waals surface area contributed by atoms with E-state index in [0.29, 0.717) is 16.8 Å². The molecule has 0 bridgehead atoms. The highest BCUT2D eigenvalue weighted by Gasteiger charge is 2.16. The van der Waals surface area contributed by atoms with Crippen molar-refractivity contribution in [1.29, 1.82) is 5.26 Å². The van der Waals surface area contributed by atoms with E-state index in [1.807, 2.05) is 6.07 Å². The highest BCUT2D eigenvalue weighted by Crippen LogP contribution is 2.15. The molecule has 0 aliphatic rings. The van der Waals surface area contributed by atoms with E-state index in [9.17, 15) is 9.18 Å². The van der Waals surface area contributed by atoms with Gasteiger partial charge in [0.1, 0.15) is 17.3 Å². The topological polar surface area (TPSA) is 78.7 Å². The van der Waals surface area contributed by atoms with Crippen LogP contribution in [-0.4, -0.2) is 15.9 Å². The monoisotopic (exact) mass is 284 g/mol. The number of nitriles is 1. The molecule has 2 heterocycles. The first kappa shape index (κ1) is 14.6. The van der Waals surface area contributed by atoms with Gasteiger partial charge in [-0.3, -0.25) is 4.79 Å². The van der Waals surface area contributed by atoms with Crippen molar-refractivity contribution in [1.82, 2.24) is 9.97 Å². The minimum atomic E-state index is -0.480. The van der Waals surface area contributed by atoms with Gasteiger partial charge in [-0.25, -0.2) is 14.4 Å². The number of anilines is 1. The second-order valence-electron chi connectivity index (χ2n) is 4.61. The highest BCUT2D eigenvalue weighted by atomic mass is 19.1. The van der Waals surface area contributed by atoms with Crippen molar-refractivity contribution in [2.75, 3.05) is 5.32 Å². The lowest BCUT2D eigenvalue weighted by Gasteiger charge is -2.09. The number of hydrogen-bond acceptors (Lipinski definition) is 4. The van der Waals surface area contributed by atoms with E-state index < -0.39 is 11.7 Å². The van der Waals surface area contributed by atoms with Crippen molar-refractivity contribution in [3.63, 3.8) is 0 Å². The smallest absolute Gasteiger partial charge is 0.275 e. The summed E-state index contributed by atoms with van der Waals surface area (Å²) in [5.74, 6) is -0.684. The maximum Gasteiger partial charge on any atom is 0.275 e. The average Bonchev–Trinajstić information content (AvgIpc) is 2.44. The standard InChI is InChI=1S/C15H13FN4O/c1-8-6-11(7-17)9(2)14(18-8)15(21)20-13-5-4-12(16)10(3)19-13/h4-6H,1-3H3,(H,19,20,21). The number of aromatic nitrogens is 2. The molecule has 0 radical (unpaired) electrons. The maximum atomic E-state index is 13.2. The minimum absolute atomic E-state index is 0.162. The molecule has 2 rings (SSSR count). The summed E-state index contributed by atoms with van der Waals surface area (Å²) in [5, 5.41) is 11.6. The number of nitrogens with zero attached hydrogens (tertiary/aromatic N) is 3. The summed E-state index contributed by atoms with van der Waals surface area (Å²) >= 11 is 0. The Bertz CT molecular complexity index is 765. The van der Waals surface area contributed by atoms with Crippen LogP contribution in [0.2, 0.25) is 0 Å². The molecular formula is C15H13FN4O. The van der Waals surface area contributed by atoms with Crippen LogP contribution in [0.5, 0.6) is 0 Å². The van der Waals surface area contributed by atoms with Crippen molar-refractivity contribution < 1.29 is 9.18 Å². The van der Waals surface area contributed by atoms with Gasteiger partial charge in [0.2, 0.25) is 0 Å².